The summed E-state index contributed by atoms with van der Waals surface area (Å²) in [4.78, 5) is 32.2. The number of aromatic nitrogens is 2. The lowest BCUT2D eigenvalue weighted by atomic mass is 10.1. The molecule has 0 unspecified atom stereocenters. The molecule has 0 atom stereocenters. The average Bonchev–Trinajstić information content (AvgIpc) is 2.75. The Bertz CT molecular complexity index is 1180. The van der Waals surface area contributed by atoms with E-state index in [2.05, 4.69) is 20.5 Å². The number of hydrogen-bond donors (Lipinski definition) is 2. The third-order valence-corrected chi connectivity index (χ3v) is 3.93. The number of nitrogens with one attached hydrogen (secondary N) is 2. The molecule has 1 heterocycles. The van der Waals surface area contributed by atoms with E-state index in [-0.39, 0.29) is 17.2 Å². The van der Waals surface area contributed by atoms with E-state index < -0.39 is 11.7 Å². The fourth-order valence-corrected chi connectivity index (χ4v) is 2.46. The van der Waals surface area contributed by atoms with Crippen LogP contribution in [0.2, 0.25) is 0 Å². The zero-order valence-electron chi connectivity index (χ0n) is 16.3. The summed E-state index contributed by atoms with van der Waals surface area (Å²) in [6.45, 7) is 0. The molecule has 1 aromatic heterocycles. The molecule has 2 aromatic carbocycles. The first kappa shape index (κ1) is 20.3. The zero-order valence-corrected chi connectivity index (χ0v) is 16.3. The molecule has 0 aliphatic rings. The van der Waals surface area contributed by atoms with E-state index in [9.17, 15) is 14.9 Å². The number of carbonyl (C=O) groups excluding carboxylic acids is 1. The van der Waals surface area contributed by atoms with Crippen LogP contribution in [0, 0.1) is 11.3 Å². The zero-order chi connectivity index (χ0) is 21.5. The van der Waals surface area contributed by atoms with E-state index in [1.807, 2.05) is 12.1 Å². The minimum atomic E-state index is -0.579. The lowest BCUT2D eigenvalue weighted by molar-refractivity contribution is 0.172. The Kier molecular flexibility index (Phi) is 6.20. The summed E-state index contributed by atoms with van der Waals surface area (Å²) in [5.74, 6) is 0.393. The minimum Gasteiger partial charge on any atom is -0.410 e. The number of rotatable bonds is 5. The predicted molar refractivity (Wildman–Crippen MR) is 112 cm³/mol. The van der Waals surface area contributed by atoms with Crippen LogP contribution >= 0.6 is 0 Å². The lowest BCUT2D eigenvalue weighted by Gasteiger charge is -2.12. The molecule has 3 rings (SSSR count). The quantitative estimate of drug-likeness (QED) is 0.500. The van der Waals surface area contributed by atoms with Crippen molar-refractivity contribution in [3.05, 3.63) is 76.1 Å². The number of aromatic amines is 1. The molecule has 30 heavy (non-hydrogen) atoms. The van der Waals surface area contributed by atoms with Gasteiger partial charge < -0.3 is 9.64 Å². The van der Waals surface area contributed by atoms with E-state index in [1.165, 1.54) is 11.1 Å². The van der Waals surface area contributed by atoms with Crippen LogP contribution in [-0.2, 0) is 0 Å². The van der Waals surface area contributed by atoms with E-state index in [4.69, 9.17) is 4.74 Å². The second-order valence-corrected chi connectivity index (χ2v) is 6.29. The van der Waals surface area contributed by atoms with E-state index >= 15 is 0 Å². The molecule has 9 nitrogen and oxygen atoms in total. The Hall–Kier alpha value is -4.45. The molecule has 9 heteroatoms. The van der Waals surface area contributed by atoms with Crippen LogP contribution in [0.25, 0.3) is 11.3 Å². The standard InChI is InChI=1S/C21H18N6O3/c1-27(2)21(29)30-17-11-7-6-10-15(17)13-23-26-20-24-18(14-8-4-3-5-9-14)16(12-22)19(28)25-20/h3-11,13H,1-2H3,(H2,24,25,26,28). The van der Waals surface area contributed by atoms with Crippen LogP contribution in [0.3, 0.4) is 0 Å². The van der Waals surface area contributed by atoms with Crippen molar-refractivity contribution >= 4 is 18.3 Å². The predicted octanol–water partition coefficient (Wildman–Crippen LogP) is 2.81. The smallest absolute Gasteiger partial charge is 0.410 e. The number of ether oxygens (including phenoxy) is 1. The van der Waals surface area contributed by atoms with Gasteiger partial charge in [0.05, 0.1) is 11.9 Å². The molecule has 0 bridgehead atoms. The summed E-state index contributed by atoms with van der Waals surface area (Å²) < 4.78 is 5.29. The number of nitrogens with zero attached hydrogens (tertiary/aromatic N) is 4. The molecule has 0 spiro atoms. The summed E-state index contributed by atoms with van der Waals surface area (Å²) in [5, 5.41) is 13.4. The Morgan fingerprint density at radius 3 is 2.60 bits per heavy atom. The van der Waals surface area contributed by atoms with Crippen molar-refractivity contribution in [2.75, 3.05) is 19.5 Å². The maximum absolute atomic E-state index is 12.3. The maximum atomic E-state index is 12.3. The Morgan fingerprint density at radius 2 is 1.90 bits per heavy atom. The van der Waals surface area contributed by atoms with Gasteiger partial charge in [0.25, 0.3) is 5.56 Å². The number of para-hydroxylation sites is 1. The molecule has 0 saturated carbocycles. The molecule has 150 valence electrons. The number of nitriles is 1. The van der Waals surface area contributed by atoms with Crippen molar-refractivity contribution in [3.63, 3.8) is 0 Å². The van der Waals surface area contributed by atoms with Crippen molar-refractivity contribution in [3.8, 4) is 23.1 Å². The van der Waals surface area contributed by atoms with Crippen molar-refractivity contribution in [1.82, 2.24) is 14.9 Å². The van der Waals surface area contributed by atoms with Crippen molar-refractivity contribution in [2.24, 2.45) is 5.10 Å². The van der Waals surface area contributed by atoms with Gasteiger partial charge in [-0.2, -0.15) is 10.4 Å². The largest absolute Gasteiger partial charge is 0.414 e. The van der Waals surface area contributed by atoms with Gasteiger partial charge in [0.2, 0.25) is 5.95 Å². The second-order valence-electron chi connectivity index (χ2n) is 6.29. The molecule has 0 radical (unpaired) electrons. The normalized spacial score (nSPS) is 10.4. The van der Waals surface area contributed by atoms with Gasteiger partial charge in [0.15, 0.2) is 0 Å². The van der Waals surface area contributed by atoms with Crippen LogP contribution in [0.1, 0.15) is 11.1 Å². The Labute approximate surface area is 172 Å². The number of hydrogen-bond acceptors (Lipinski definition) is 7. The first-order chi connectivity index (χ1) is 14.5. The summed E-state index contributed by atoms with van der Waals surface area (Å²) in [7, 11) is 3.16. The van der Waals surface area contributed by atoms with Crippen LogP contribution in [-0.4, -0.2) is 41.3 Å². The van der Waals surface area contributed by atoms with Gasteiger partial charge in [-0.3, -0.25) is 9.78 Å². The lowest BCUT2D eigenvalue weighted by Crippen LogP contribution is -2.25. The van der Waals surface area contributed by atoms with E-state index in [0.29, 0.717) is 16.9 Å². The first-order valence-electron chi connectivity index (χ1n) is 8.86. The summed E-state index contributed by atoms with van der Waals surface area (Å²) in [5.41, 5.74) is 3.40. The fraction of sp³-hybridized carbons (Fsp3) is 0.0952. The van der Waals surface area contributed by atoms with Crippen LogP contribution in [0.5, 0.6) is 5.75 Å². The average molecular weight is 402 g/mol. The number of benzene rings is 2. The summed E-state index contributed by atoms with van der Waals surface area (Å²) >= 11 is 0. The first-order valence-corrected chi connectivity index (χ1v) is 8.86. The molecule has 3 aromatic rings. The van der Waals surface area contributed by atoms with Gasteiger partial charge in [0, 0.05) is 25.2 Å². The molecule has 0 aliphatic carbocycles. The van der Waals surface area contributed by atoms with Crippen LogP contribution in [0.4, 0.5) is 10.7 Å². The highest BCUT2D eigenvalue weighted by Gasteiger charge is 2.13. The maximum Gasteiger partial charge on any atom is 0.414 e. The van der Waals surface area contributed by atoms with Gasteiger partial charge in [-0.15, -0.1) is 0 Å². The summed E-state index contributed by atoms with van der Waals surface area (Å²) in [6, 6.07) is 17.6. The number of carbonyl (C=O) groups is 1. The highest BCUT2D eigenvalue weighted by molar-refractivity contribution is 5.85. The third kappa shape index (κ3) is 4.69. The van der Waals surface area contributed by atoms with Gasteiger partial charge in [-0.05, 0) is 12.1 Å². The topological polar surface area (TPSA) is 123 Å². The number of amides is 1. The highest BCUT2D eigenvalue weighted by Crippen LogP contribution is 2.20. The number of anilines is 1. The van der Waals surface area contributed by atoms with Gasteiger partial charge >= 0.3 is 6.09 Å². The summed E-state index contributed by atoms with van der Waals surface area (Å²) in [6.07, 6.45) is 0.910. The number of hydrazone groups is 1. The Morgan fingerprint density at radius 1 is 1.20 bits per heavy atom. The van der Waals surface area contributed by atoms with Gasteiger partial charge in [0.1, 0.15) is 17.4 Å². The third-order valence-electron chi connectivity index (χ3n) is 3.93. The molecule has 0 aliphatic heterocycles. The molecular formula is C21H18N6O3. The van der Waals surface area contributed by atoms with Gasteiger partial charge in [-0.1, -0.05) is 42.5 Å². The van der Waals surface area contributed by atoms with Crippen molar-refractivity contribution in [1.29, 1.82) is 5.26 Å². The molecular weight excluding hydrogens is 384 g/mol. The SMILES string of the molecule is CN(C)C(=O)Oc1ccccc1C=NNc1nc(-c2ccccc2)c(C#N)c(=O)[nH]1. The van der Waals surface area contributed by atoms with Crippen LogP contribution < -0.4 is 15.7 Å². The monoisotopic (exact) mass is 402 g/mol. The highest BCUT2D eigenvalue weighted by atomic mass is 16.6. The number of H-pyrrole nitrogens is 1. The second kappa shape index (κ2) is 9.16. The molecule has 2 N–H and O–H groups in total. The fourth-order valence-electron chi connectivity index (χ4n) is 2.46. The van der Waals surface area contributed by atoms with Crippen LogP contribution in [0.15, 0.2) is 64.5 Å². The Balaban J connectivity index is 1.86. The van der Waals surface area contributed by atoms with E-state index in [1.54, 1.807) is 62.6 Å². The van der Waals surface area contributed by atoms with Crippen molar-refractivity contribution in [2.45, 2.75) is 0 Å². The van der Waals surface area contributed by atoms with E-state index in [0.717, 1.165) is 0 Å². The molecule has 0 fully saturated rings. The molecule has 1 amide bonds. The molecule has 0 saturated heterocycles. The van der Waals surface area contributed by atoms with Crippen molar-refractivity contribution < 1.29 is 9.53 Å². The minimum absolute atomic E-state index is 0.0665. The van der Waals surface area contributed by atoms with Gasteiger partial charge in [-0.25, -0.2) is 15.2 Å².